The second-order valence-electron chi connectivity index (χ2n) is 6.14. The molecule has 1 aromatic carbocycles. The van der Waals surface area contributed by atoms with Gasteiger partial charge in [-0.25, -0.2) is 8.42 Å². The van der Waals surface area contributed by atoms with Gasteiger partial charge in [0, 0.05) is 12.3 Å². The van der Waals surface area contributed by atoms with E-state index >= 15 is 0 Å². The molecule has 2 rings (SSSR count). The van der Waals surface area contributed by atoms with Crippen LogP contribution in [0, 0.1) is 11.8 Å². The summed E-state index contributed by atoms with van der Waals surface area (Å²) in [5, 5.41) is 3.44. The molecule has 1 saturated carbocycles. The Morgan fingerprint density at radius 2 is 1.95 bits per heavy atom. The van der Waals surface area contributed by atoms with Gasteiger partial charge in [-0.2, -0.15) is 0 Å². The van der Waals surface area contributed by atoms with E-state index in [1.807, 2.05) is 6.07 Å². The minimum absolute atomic E-state index is 0.208. The summed E-state index contributed by atoms with van der Waals surface area (Å²) in [4.78, 5) is 0.208. The van der Waals surface area contributed by atoms with E-state index in [4.69, 9.17) is 5.73 Å². The first-order valence-corrected chi connectivity index (χ1v) is 9.03. The molecule has 112 valence electrons. The predicted molar refractivity (Wildman–Crippen MR) is 83.6 cm³/mol. The molecule has 1 aliphatic carbocycles. The topological polar surface area (TPSA) is 72.2 Å². The summed E-state index contributed by atoms with van der Waals surface area (Å²) in [5.41, 5.74) is 7.09. The monoisotopic (exact) mass is 296 g/mol. The van der Waals surface area contributed by atoms with Crippen molar-refractivity contribution in [1.82, 2.24) is 0 Å². The Morgan fingerprint density at radius 1 is 1.25 bits per heavy atom. The van der Waals surface area contributed by atoms with E-state index < -0.39 is 9.84 Å². The molecule has 0 amide bonds. The number of hydrogen-bond donors (Lipinski definition) is 2. The number of nitrogen functional groups attached to an aromatic ring is 1. The fraction of sp³-hybridized carbons (Fsp3) is 0.600. The second-order valence-corrected chi connectivity index (χ2v) is 8.12. The van der Waals surface area contributed by atoms with Crippen molar-refractivity contribution in [2.45, 2.75) is 44.0 Å². The lowest BCUT2D eigenvalue weighted by Gasteiger charge is -2.34. The Bertz CT molecular complexity index is 584. The number of nitrogens with one attached hydrogen (secondary N) is 1. The van der Waals surface area contributed by atoms with Gasteiger partial charge in [0.05, 0.1) is 16.3 Å². The lowest BCUT2D eigenvalue weighted by Crippen LogP contribution is -2.33. The zero-order chi connectivity index (χ0) is 14.9. The van der Waals surface area contributed by atoms with Crippen LogP contribution in [0.15, 0.2) is 23.1 Å². The Labute approximate surface area is 121 Å². The summed E-state index contributed by atoms with van der Waals surface area (Å²) in [5.74, 6) is 1.34. The maximum absolute atomic E-state index is 11.7. The van der Waals surface area contributed by atoms with Gasteiger partial charge in [0.2, 0.25) is 0 Å². The van der Waals surface area contributed by atoms with Crippen molar-refractivity contribution in [3.05, 3.63) is 18.2 Å². The Kier molecular flexibility index (Phi) is 4.28. The number of anilines is 2. The quantitative estimate of drug-likeness (QED) is 0.841. The average molecular weight is 296 g/mol. The zero-order valence-electron chi connectivity index (χ0n) is 12.4. The summed E-state index contributed by atoms with van der Waals surface area (Å²) in [7, 11) is -3.28. The van der Waals surface area contributed by atoms with E-state index in [0.29, 0.717) is 17.6 Å². The number of sulfone groups is 1. The molecule has 20 heavy (non-hydrogen) atoms. The van der Waals surface area contributed by atoms with Gasteiger partial charge in [-0.1, -0.05) is 19.9 Å². The first-order valence-electron chi connectivity index (χ1n) is 7.14. The van der Waals surface area contributed by atoms with Gasteiger partial charge in [0.1, 0.15) is 0 Å². The fourth-order valence-electron chi connectivity index (χ4n) is 3.07. The number of nitrogens with two attached hydrogens (primary N) is 1. The first kappa shape index (κ1) is 15.2. The summed E-state index contributed by atoms with van der Waals surface area (Å²) >= 11 is 0. The van der Waals surface area contributed by atoms with Crippen molar-refractivity contribution in [3.8, 4) is 0 Å². The number of benzene rings is 1. The van der Waals surface area contributed by atoms with E-state index in [-0.39, 0.29) is 4.90 Å². The third-order valence-electron chi connectivity index (χ3n) is 4.24. The molecular formula is C15H24N2O2S. The highest BCUT2D eigenvalue weighted by Crippen LogP contribution is 2.33. The number of hydrogen-bond acceptors (Lipinski definition) is 4. The number of rotatable bonds is 3. The summed E-state index contributed by atoms with van der Waals surface area (Å²) in [6.45, 7) is 4.52. The second kappa shape index (κ2) is 5.64. The molecular weight excluding hydrogens is 272 g/mol. The van der Waals surface area contributed by atoms with Gasteiger partial charge in [0.15, 0.2) is 9.84 Å². The fourth-order valence-corrected chi connectivity index (χ4v) is 3.91. The van der Waals surface area contributed by atoms with E-state index in [1.54, 1.807) is 12.1 Å². The molecule has 0 saturated heterocycles. The highest BCUT2D eigenvalue weighted by Gasteiger charge is 2.26. The smallest absolute Gasteiger partial charge is 0.177 e. The molecule has 0 spiro atoms. The average Bonchev–Trinajstić information content (AvgIpc) is 2.33. The molecule has 0 radical (unpaired) electrons. The van der Waals surface area contributed by atoms with E-state index in [2.05, 4.69) is 19.2 Å². The molecule has 0 aliphatic heterocycles. The van der Waals surface area contributed by atoms with Crippen LogP contribution in [-0.4, -0.2) is 20.7 Å². The van der Waals surface area contributed by atoms with Crippen molar-refractivity contribution in [2.24, 2.45) is 11.8 Å². The molecule has 3 unspecified atom stereocenters. The van der Waals surface area contributed by atoms with E-state index in [9.17, 15) is 8.42 Å². The molecule has 1 aliphatic rings. The van der Waals surface area contributed by atoms with Gasteiger partial charge in [0.25, 0.3) is 0 Å². The number of para-hydroxylation sites is 1. The highest BCUT2D eigenvalue weighted by molar-refractivity contribution is 7.90. The summed E-state index contributed by atoms with van der Waals surface area (Å²) in [6.07, 6.45) is 4.69. The van der Waals surface area contributed by atoms with Crippen molar-refractivity contribution in [1.29, 1.82) is 0 Å². The minimum Gasteiger partial charge on any atom is -0.396 e. The Hall–Kier alpha value is -1.23. The third kappa shape index (κ3) is 3.26. The van der Waals surface area contributed by atoms with E-state index in [0.717, 1.165) is 18.0 Å². The SMILES string of the molecule is CC1CCC(Nc2cccc(S(C)(=O)=O)c2N)C(C)C1. The molecule has 1 fully saturated rings. The van der Waals surface area contributed by atoms with Gasteiger partial charge in [-0.15, -0.1) is 0 Å². The van der Waals surface area contributed by atoms with Gasteiger partial charge in [-0.05, 0) is 43.2 Å². The standard InChI is InChI=1S/C15H24N2O2S/c1-10-7-8-12(11(2)9-10)17-13-5-4-6-14(15(13)16)20(3,18)19/h4-6,10-12,17H,7-9,16H2,1-3H3. The van der Waals surface area contributed by atoms with Crippen LogP contribution in [0.2, 0.25) is 0 Å². The van der Waals surface area contributed by atoms with Crippen molar-refractivity contribution in [3.63, 3.8) is 0 Å². The van der Waals surface area contributed by atoms with Crippen molar-refractivity contribution in [2.75, 3.05) is 17.3 Å². The van der Waals surface area contributed by atoms with Gasteiger partial charge < -0.3 is 11.1 Å². The Morgan fingerprint density at radius 3 is 2.55 bits per heavy atom. The van der Waals surface area contributed by atoms with Crippen LogP contribution in [0.5, 0.6) is 0 Å². The normalized spacial score (nSPS) is 27.2. The van der Waals surface area contributed by atoms with Gasteiger partial charge >= 0.3 is 0 Å². The maximum atomic E-state index is 11.7. The minimum atomic E-state index is -3.28. The molecule has 0 aromatic heterocycles. The zero-order valence-corrected chi connectivity index (χ0v) is 13.2. The third-order valence-corrected chi connectivity index (χ3v) is 5.39. The molecule has 0 bridgehead atoms. The van der Waals surface area contributed by atoms with Crippen LogP contribution in [-0.2, 0) is 9.84 Å². The van der Waals surface area contributed by atoms with Crippen LogP contribution < -0.4 is 11.1 Å². The molecule has 3 atom stereocenters. The summed E-state index contributed by atoms with van der Waals surface area (Å²) in [6, 6.07) is 5.52. The molecule has 0 heterocycles. The maximum Gasteiger partial charge on any atom is 0.177 e. The molecule has 5 heteroatoms. The van der Waals surface area contributed by atoms with Crippen LogP contribution in [0.1, 0.15) is 33.1 Å². The largest absolute Gasteiger partial charge is 0.396 e. The van der Waals surface area contributed by atoms with Crippen molar-refractivity contribution < 1.29 is 8.42 Å². The molecule has 3 N–H and O–H groups in total. The Balaban J connectivity index is 2.22. The highest BCUT2D eigenvalue weighted by atomic mass is 32.2. The predicted octanol–water partition coefficient (Wildman–Crippen LogP) is 2.91. The van der Waals surface area contributed by atoms with Crippen LogP contribution in [0.25, 0.3) is 0 Å². The first-order chi connectivity index (χ1) is 9.29. The van der Waals surface area contributed by atoms with Gasteiger partial charge in [-0.3, -0.25) is 0 Å². The summed E-state index contributed by atoms with van der Waals surface area (Å²) < 4.78 is 23.4. The lowest BCUT2D eigenvalue weighted by atomic mass is 9.80. The van der Waals surface area contributed by atoms with Crippen LogP contribution in [0.4, 0.5) is 11.4 Å². The molecule has 1 aromatic rings. The van der Waals surface area contributed by atoms with Crippen molar-refractivity contribution >= 4 is 21.2 Å². The van der Waals surface area contributed by atoms with Crippen LogP contribution in [0.3, 0.4) is 0 Å². The van der Waals surface area contributed by atoms with E-state index in [1.165, 1.54) is 19.1 Å². The molecule has 4 nitrogen and oxygen atoms in total. The lowest BCUT2D eigenvalue weighted by molar-refractivity contribution is 0.276. The van der Waals surface area contributed by atoms with Crippen LogP contribution >= 0.6 is 0 Å².